The smallest absolute Gasteiger partial charge is 0.335 e. The van der Waals surface area contributed by atoms with Crippen LogP contribution >= 0.6 is 23.5 Å². The quantitative estimate of drug-likeness (QED) is 0.754. The van der Waals surface area contributed by atoms with Crippen LogP contribution in [0, 0.1) is 0 Å². The van der Waals surface area contributed by atoms with Gasteiger partial charge in [-0.1, -0.05) is 12.1 Å². The maximum Gasteiger partial charge on any atom is 0.335 e. The Labute approximate surface area is 167 Å². The minimum absolute atomic E-state index is 0.0172. The number of fused-ring (bicyclic) bond motifs is 1. The van der Waals surface area contributed by atoms with E-state index in [9.17, 15) is 18.3 Å². The molecule has 0 unspecified atom stereocenters. The highest BCUT2D eigenvalue weighted by molar-refractivity contribution is 8.19. The van der Waals surface area contributed by atoms with Gasteiger partial charge in [-0.3, -0.25) is 4.72 Å². The standard InChI is InChI=1S/C19H19NO4S3/c21-18(22)14-9-12-3-2-6-16(12)17(11-14)27(23,24)20-15-5-1-4-13(10-15)19-25-7-8-26-19/h1,4-5,9-11,19-20H,2-3,6-8H2,(H,21,22). The Morgan fingerprint density at radius 1 is 1.11 bits per heavy atom. The zero-order valence-electron chi connectivity index (χ0n) is 14.5. The number of carboxylic acid groups (broad SMARTS) is 1. The Hall–Kier alpha value is -1.64. The molecule has 0 atom stereocenters. The molecule has 1 aliphatic heterocycles. The van der Waals surface area contributed by atoms with E-state index in [-0.39, 0.29) is 10.5 Å². The normalized spacial score (nSPS) is 17.0. The Kier molecular flexibility index (Phi) is 5.13. The zero-order valence-corrected chi connectivity index (χ0v) is 16.9. The van der Waals surface area contributed by atoms with Crippen LogP contribution in [-0.2, 0) is 22.9 Å². The monoisotopic (exact) mass is 421 g/mol. The van der Waals surface area contributed by atoms with Crippen molar-refractivity contribution >= 4 is 45.2 Å². The van der Waals surface area contributed by atoms with Crippen molar-refractivity contribution in [2.75, 3.05) is 16.2 Å². The SMILES string of the molecule is O=C(O)c1cc2c(c(S(=O)(=O)Nc3cccc(C4SCCS4)c3)c1)CCC2. The molecule has 0 aromatic heterocycles. The molecule has 1 saturated heterocycles. The summed E-state index contributed by atoms with van der Waals surface area (Å²) in [5.41, 5.74) is 3.18. The van der Waals surface area contributed by atoms with E-state index in [1.807, 2.05) is 41.7 Å². The number of aromatic carboxylic acids is 1. The Morgan fingerprint density at radius 3 is 2.63 bits per heavy atom. The summed E-state index contributed by atoms with van der Waals surface area (Å²) in [6.45, 7) is 0. The van der Waals surface area contributed by atoms with E-state index in [1.54, 1.807) is 12.1 Å². The van der Waals surface area contributed by atoms with Crippen molar-refractivity contribution in [3.63, 3.8) is 0 Å². The number of thioether (sulfide) groups is 2. The lowest BCUT2D eigenvalue weighted by Crippen LogP contribution is -2.16. The van der Waals surface area contributed by atoms with E-state index < -0.39 is 16.0 Å². The summed E-state index contributed by atoms with van der Waals surface area (Å²) in [5, 5.41) is 9.33. The molecule has 5 nitrogen and oxygen atoms in total. The van der Waals surface area contributed by atoms with Gasteiger partial charge in [0.2, 0.25) is 0 Å². The molecule has 0 bridgehead atoms. The fraction of sp³-hybridized carbons (Fsp3) is 0.316. The fourth-order valence-electron chi connectivity index (χ4n) is 3.54. The number of anilines is 1. The molecule has 8 heteroatoms. The second-order valence-electron chi connectivity index (χ2n) is 6.58. The summed E-state index contributed by atoms with van der Waals surface area (Å²) in [4.78, 5) is 11.5. The van der Waals surface area contributed by atoms with E-state index in [4.69, 9.17) is 0 Å². The molecule has 1 heterocycles. The van der Waals surface area contributed by atoms with Crippen LogP contribution in [0.4, 0.5) is 5.69 Å². The van der Waals surface area contributed by atoms with Gasteiger partial charge >= 0.3 is 5.97 Å². The van der Waals surface area contributed by atoms with Crippen LogP contribution in [0.5, 0.6) is 0 Å². The van der Waals surface area contributed by atoms with Gasteiger partial charge in [0.15, 0.2) is 0 Å². The lowest BCUT2D eigenvalue weighted by molar-refractivity contribution is 0.0696. The number of benzene rings is 2. The number of rotatable bonds is 5. The molecule has 0 saturated carbocycles. The van der Waals surface area contributed by atoms with Crippen molar-refractivity contribution in [3.8, 4) is 0 Å². The van der Waals surface area contributed by atoms with Crippen molar-refractivity contribution in [1.29, 1.82) is 0 Å². The van der Waals surface area contributed by atoms with Crippen LogP contribution in [0.2, 0.25) is 0 Å². The first kappa shape index (κ1) is 18.7. The summed E-state index contributed by atoms with van der Waals surface area (Å²) in [5.74, 6) is 1.08. The molecule has 4 rings (SSSR count). The molecule has 27 heavy (non-hydrogen) atoms. The van der Waals surface area contributed by atoms with Gasteiger partial charge in [0.25, 0.3) is 10.0 Å². The Morgan fingerprint density at radius 2 is 1.89 bits per heavy atom. The minimum atomic E-state index is -3.86. The molecule has 0 spiro atoms. The van der Waals surface area contributed by atoms with Crippen LogP contribution < -0.4 is 4.72 Å². The van der Waals surface area contributed by atoms with E-state index in [2.05, 4.69) is 4.72 Å². The van der Waals surface area contributed by atoms with Gasteiger partial charge in [-0.15, -0.1) is 23.5 Å². The first-order valence-electron chi connectivity index (χ1n) is 8.69. The van der Waals surface area contributed by atoms with E-state index in [0.29, 0.717) is 23.1 Å². The largest absolute Gasteiger partial charge is 0.478 e. The van der Waals surface area contributed by atoms with Gasteiger partial charge in [0, 0.05) is 17.2 Å². The van der Waals surface area contributed by atoms with E-state index >= 15 is 0 Å². The van der Waals surface area contributed by atoms with Crippen LogP contribution in [0.15, 0.2) is 41.3 Å². The third kappa shape index (κ3) is 3.83. The highest BCUT2D eigenvalue weighted by atomic mass is 32.2. The first-order chi connectivity index (χ1) is 12.9. The number of hydrogen-bond acceptors (Lipinski definition) is 5. The maximum absolute atomic E-state index is 13.1. The van der Waals surface area contributed by atoms with Gasteiger partial charge in [0.05, 0.1) is 15.0 Å². The predicted octanol–water partition coefficient (Wildman–Crippen LogP) is 4.15. The second-order valence-corrected chi connectivity index (χ2v) is 11.0. The second kappa shape index (κ2) is 7.41. The number of carboxylic acids is 1. The van der Waals surface area contributed by atoms with Crippen molar-refractivity contribution < 1.29 is 18.3 Å². The molecule has 2 aromatic rings. The van der Waals surface area contributed by atoms with Crippen molar-refractivity contribution in [3.05, 3.63) is 58.7 Å². The first-order valence-corrected chi connectivity index (χ1v) is 12.3. The molecule has 2 aromatic carbocycles. The minimum Gasteiger partial charge on any atom is -0.478 e. The molecule has 0 amide bonds. The van der Waals surface area contributed by atoms with E-state index in [0.717, 1.165) is 34.6 Å². The van der Waals surface area contributed by atoms with Gasteiger partial charge in [-0.05, 0) is 60.2 Å². The highest BCUT2D eigenvalue weighted by Gasteiger charge is 2.27. The van der Waals surface area contributed by atoms with Gasteiger partial charge < -0.3 is 5.11 Å². The summed E-state index contributed by atoms with van der Waals surface area (Å²) in [6.07, 6.45) is 2.21. The number of nitrogens with one attached hydrogen (secondary N) is 1. The number of aryl methyl sites for hydroxylation is 1. The molecule has 2 aliphatic rings. The lowest BCUT2D eigenvalue weighted by atomic mass is 10.1. The number of sulfonamides is 1. The fourth-order valence-corrected chi connectivity index (χ4v) is 7.76. The van der Waals surface area contributed by atoms with Crippen molar-refractivity contribution in [2.45, 2.75) is 28.7 Å². The summed E-state index contributed by atoms with van der Waals surface area (Å²) < 4.78 is 29.1. The highest BCUT2D eigenvalue weighted by Crippen LogP contribution is 2.45. The Bertz CT molecular complexity index is 998. The van der Waals surface area contributed by atoms with Crippen LogP contribution in [0.3, 0.4) is 0 Å². The topological polar surface area (TPSA) is 83.5 Å². The van der Waals surface area contributed by atoms with Gasteiger partial charge in [0.1, 0.15) is 0 Å². The van der Waals surface area contributed by atoms with Gasteiger partial charge in [-0.2, -0.15) is 0 Å². The van der Waals surface area contributed by atoms with E-state index in [1.165, 1.54) is 6.07 Å². The molecule has 1 fully saturated rings. The van der Waals surface area contributed by atoms with Crippen LogP contribution in [0.25, 0.3) is 0 Å². The van der Waals surface area contributed by atoms with Crippen molar-refractivity contribution in [2.24, 2.45) is 0 Å². The Balaban J connectivity index is 1.69. The average Bonchev–Trinajstić information content (AvgIpc) is 3.32. The zero-order chi connectivity index (χ0) is 19.0. The molecule has 2 N–H and O–H groups in total. The molecule has 142 valence electrons. The maximum atomic E-state index is 13.1. The third-order valence-electron chi connectivity index (χ3n) is 4.74. The molecular formula is C19H19NO4S3. The van der Waals surface area contributed by atoms with Crippen LogP contribution in [-0.4, -0.2) is 31.0 Å². The number of hydrogen-bond donors (Lipinski definition) is 2. The molecular weight excluding hydrogens is 402 g/mol. The van der Waals surface area contributed by atoms with Crippen molar-refractivity contribution in [1.82, 2.24) is 0 Å². The third-order valence-corrected chi connectivity index (χ3v) is 9.30. The number of carbonyl (C=O) groups is 1. The van der Waals surface area contributed by atoms with Gasteiger partial charge in [-0.25, -0.2) is 13.2 Å². The molecule has 0 radical (unpaired) electrons. The average molecular weight is 422 g/mol. The lowest BCUT2D eigenvalue weighted by Gasteiger charge is -2.15. The summed E-state index contributed by atoms with van der Waals surface area (Å²) in [7, 11) is -3.86. The summed E-state index contributed by atoms with van der Waals surface area (Å²) >= 11 is 3.72. The summed E-state index contributed by atoms with van der Waals surface area (Å²) in [6, 6.07) is 10.3. The molecule has 1 aliphatic carbocycles. The van der Waals surface area contributed by atoms with Crippen LogP contribution in [0.1, 0.15) is 38.1 Å². The predicted molar refractivity (Wildman–Crippen MR) is 110 cm³/mol.